The van der Waals surface area contributed by atoms with Gasteiger partial charge in [0.1, 0.15) is 6.73 Å². The third-order valence-electron chi connectivity index (χ3n) is 1.88. The van der Waals surface area contributed by atoms with Crippen molar-refractivity contribution in [2.24, 2.45) is 5.73 Å². The van der Waals surface area contributed by atoms with Crippen molar-refractivity contribution in [2.45, 2.75) is 0 Å². The molecule has 0 saturated heterocycles. The van der Waals surface area contributed by atoms with Gasteiger partial charge in [-0.15, -0.1) is 0 Å². The van der Waals surface area contributed by atoms with Crippen LogP contribution in [0.15, 0.2) is 41.1 Å². The number of rotatable bonds is 3. The molecule has 1 heterocycles. The molecule has 1 aromatic heterocycles. The lowest BCUT2D eigenvalue weighted by Crippen LogP contribution is -2.06. The van der Waals surface area contributed by atoms with Crippen LogP contribution in [0.1, 0.15) is 0 Å². The summed E-state index contributed by atoms with van der Waals surface area (Å²) in [5, 5.41) is 4.16. The Kier molecular flexibility index (Phi) is 3.03. The lowest BCUT2D eigenvalue weighted by molar-refractivity contribution is 0.329. The van der Waals surface area contributed by atoms with Crippen molar-refractivity contribution in [3.05, 3.63) is 41.1 Å². The molecule has 0 aliphatic rings. The van der Waals surface area contributed by atoms with Crippen LogP contribution >= 0.6 is 15.9 Å². The van der Waals surface area contributed by atoms with Crippen LogP contribution in [0.3, 0.4) is 0 Å². The van der Waals surface area contributed by atoms with Gasteiger partial charge < -0.3 is 4.74 Å². The fraction of sp³-hybridized carbons (Fsp3) is 0.100. The fourth-order valence-corrected chi connectivity index (χ4v) is 1.62. The molecular formula is C10H10BrN3O. The lowest BCUT2D eigenvalue weighted by Gasteiger charge is -2.00. The SMILES string of the molecule is NCOc1cnn(-c2cccc(Br)c2)c1. The summed E-state index contributed by atoms with van der Waals surface area (Å²) in [6.07, 6.45) is 3.42. The van der Waals surface area contributed by atoms with Crippen molar-refractivity contribution in [3.8, 4) is 11.4 Å². The Morgan fingerprint density at radius 2 is 2.33 bits per heavy atom. The van der Waals surface area contributed by atoms with Crippen LogP contribution in [-0.2, 0) is 0 Å². The molecule has 2 N–H and O–H groups in total. The second kappa shape index (κ2) is 4.46. The first kappa shape index (κ1) is 10.2. The van der Waals surface area contributed by atoms with E-state index in [2.05, 4.69) is 21.0 Å². The van der Waals surface area contributed by atoms with Gasteiger partial charge in [-0.2, -0.15) is 5.10 Å². The average Bonchev–Trinajstić information content (AvgIpc) is 2.67. The van der Waals surface area contributed by atoms with Gasteiger partial charge in [-0.25, -0.2) is 4.68 Å². The zero-order chi connectivity index (χ0) is 10.7. The summed E-state index contributed by atoms with van der Waals surface area (Å²) < 4.78 is 7.86. The molecule has 0 spiro atoms. The monoisotopic (exact) mass is 267 g/mol. The molecule has 0 bridgehead atoms. The first-order valence-electron chi connectivity index (χ1n) is 4.43. The van der Waals surface area contributed by atoms with E-state index in [1.54, 1.807) is 17.1 Å². The molecule has 4 nitrogen and oxygen atoms in total. The Bertz CT molecular complexity index is 455. The van der Waals surface area contributed by atoms with Gasteiger partial charge in [-0.3, -0.25) is 5.73 Å². The fourth-order valence-electron chi connectivity index (χ4n) is 1.24. The van der Waals surface area contributed by atoms with Gasteiger partial charge in [0, 0.05) is 4.47 Å². The van der Waals surface area contributed by atoms with Gasteiger partial charge >= 0.3 is 0 Å². The second-order valence-electron chi connectivity index (χ2n) is 2.91. The summed E-state index contributed by atoms with van der Waals surface area (Å²) in [7, 11) is 0. The first-order valence-corrected chi connectivity index (χ1v) is 5.22. The van der Waals surface area contributed by atoms with Crippen molar-refractivity contribution in [1.82, 2.24) is 9.78 Å². The van der Waals surface area contributed by atoms with Crippen molar-refractivity contribution in [1.29, 1.82) is 0 Å². The standard InChI is InChI=1S/C10H10BrN3O/c11-8-2-1-3-9(4-8)14-6-10(5-13-14)15-7-12/h1-6H,7,12H2. The van der Waals surface area contributed by atoms with E-state index in [4.69, 9.17) is 10.5 Å². The van der Waals surface area contributed by atoms with E-state index in [1.165, 1.54) is 0 Å². The zero-order valence-electron chi connectivity index (χ0n) is 7.93. The molecule has 0 radical (unpaired) electrons. The Morgan fingerprint density at radius 1 is 1.47 bits per heavy atom. The van der Waals surface area contributed by atoms with Crippen LogP contribution < -0.4 is 10.5 Å². The number of nitrogens with zero attached hydrogens (tertiary/aromatic N) is 2. The highest BCUT2D eigenvalue weighted by Gasteiger charge is 2.01. The molecule has 2 rings (SSSR count). The topological polar surface area (TPSA) is 53.1 Å². The third-order valence-corrected chi connectivity index (χ3v) is 2.37. The smallest absolute Gasteiger partial charge is 0.159 e. The van der Waals surface area contributed by atoms with Crippen molar-refractivity contribution < 1.29 is 4.74 Å². The summed E-state index contributed by atoms with van der Waals surface area (Å²) in [6, 6.07) is 7.85. The summed E-state index contributed by atoms with van der Waals surface area (Å²) >= 11 is 3.40. The van der Waals surface area contributed by atoms with Gasteiger partial charge in [-0.1, -0.05) is 22.0 Å². The minimum atomic E-state index is 0.157. The van der Waals surface area contributed by atoms with Gasteiger partial charge in [0.05, 0.1) is 18.1 Å². The summed E-state index contributed by atoms with van der Waals surface area (Å²) in [4.78, 5) is 0. The maximum Gasteiger partial charge on any atom is 0.159 e. The zero-order valence-corrected chi connectivity index (χ0v) is 9.52. The molecule has 0 amide bonds. The quantitative estimate of drug-likeness (QED) is 0.865. The van der Waals surface area contributed by atoms with E-state index in [-0.39, 0.29) is 6.73 Å². The first-order chi connectivity index (χ1) is 7.29. The van der Waals surface area contributed by atoms with Crippen LogP contribution in [-0.4, -0.2) is 16.5 Å². The van der Waals surface area contributed by atoms with Crippen LogP contribution in [0.4, 0.5) is 0 Å². The van der Waals surface area contributed by atoms with E-state index in [0.29, 0.717) is 5.75 Å². The molecule has 15 heavy (non-hydrogen) atoms. The summed E-state index contributed by atoms with van der Waals surface area (Å²) in [6.45, 7) is 0.157. The van der Waals surface area contributed by atoms with E-state index < -0.39 is 0 Å². The Balaban J connectivity index is 2.29. The number of nitrogens with two attached hydrogens (primary N) is 1. The van der Waals surface area contributed by atoms with Crippen LogP contribution in [0.2, 0.25) is 0 Å². The second-order valence-corrected chi connectivity index (χ2v) is 3.83. The van der Waals surface area contributed by atoms with Gasteiger partial charge in [0.25, 0.3) is 0 Å². The minimum absolute atomic E-state index is 0.157. The van der Waals surface area contributed by atoms with Gasteiger partial charge in [0.2, 0.25) is 0 Å². The molecule has 0 unspecified atom stereocenters. The highest BCUT2D eigenvalue weighted by molar-refractivity contribution is 9.10. The Labute approximate surface area is 95.8 Å². The predicted octanol–water partition coefficient (Wildman–Crippen LogP) is 1.93. The van der Waals surface area contributed by atoms with Crippen LogP contribution in [0, 0.1) is 0 Å². The maximum absolute atomic E-state index is 5.27. The number of hydrogen-bond donors (Lipinski definition) is 1. The predicted molar refractivity (Wildman–Crippen MR) is 60.9 cm³/mol. The number of benzene rings is 1. The Morgan fingerprint density at radius 3 is 3.07 bits per heavy atom. The van der Waals surface area contributed by atoms with Crippen molar-refractivity contribution in [2.75, 3.05) is 6.73 Å². The van der Waals surface area contributed by atoms with Gasteiger partial charge in [0.15, 0.2) is 5.75 Å². The normalized spacial score (nSPS) is 10.3. The summed E-state index contributed by atoms with van der Waals surface area (Å²) in [5.74, 6) is 0.664. The molecule has 2 aromatic rings. The largest absolute Gasteiger partial charge is 0.475 e. The van der Waals surface area contributed by atoms with Crippen LogP contribution in [0.5, 0.6) is 5.75 Å². The minimum Gasteiger partial charge on any atom is -0.475 e. The number of ether oxygens (including phenoxy) is 1. The highest BCUT2D eigenvalue weighted by Crippen LogP contribution is 2.17. The number of halogens is 1. The molecule has 78 valence electrons. The molecule has 0 atom stereocenters. The number of aromatic nitrogens is 2. The molecule has 5 heteroatoms. The van der Waals surface area contributed by atoms with E-state index >= 15 is 0 Å². The molecular weight excluding hydrogens is 258 g/mol. The molecule has 0 aliphatic heterocycles. The van der Waals surface area contributed by atoms with Gasteiger partial charge in [-0.05, 0) is 18.2 Å². The van der Waals surface area contributed by atoms with Crippen molar-refractivity contribution >= 4 is 15.9 Å². The average molecular weight is 268 g/mol. The maximum atomic E-state index is 5.27. The Hall–Kier alpha value is -1.33. The van der Waals surface area contributed by atoms with Crippen molar-refractivity contribution in [3.63, 3.8) is 0 Å². The van der Waals surface area contributed by atoms with E-state index in [0.717, 1.165) is 10.2 Å². The van der Waals surface area contributed by atoms with E-state index in [1.807, 2.05) is 24.3 Å². The van der Waals surface area contributed by atoms with E-state index in [9.17, 15) is 0 Å². The third kappa shape index (κ3) is 2.37. The molecule has 0 aliphatic carbocycles. The molecule has 0 saturated carbocycles. The lowest BCUT2D eigenvalue weighted by atomic mass is 10.3. The van der Waals surface area contributed by atoms with Crippen LogP contribution in [0.25, 0.3) is 5.69 Å². The summed E-state index contributed by atoms with van der Waals surface area (Å²) in [5.41, 5.74) is 6.23. The number of hydrogen-bond acceptors (Lipinski definition) is 3. The highest BCUT2D eigenvalue weighted by atomic mass is 79.9. The molecule has 0 fully saturated rings. The molecule has 1 aromatic carbocycles.